The Labute approximate surface area is 157 Å². The van der Waals surface area contributed by atoms with Crippen LogP contribution >= 0.6 is 0 Å². The second kappa shape index (κ2) is 6.90. The number of hydrogen-bond acceptors (Lipinski definition) is 5. The van der Waals surface area contributed by atoms with Gasteiger partial charge < -0.3 is 15.0 Å². The van der Waals surface area contributed by atoms with E-state index in [9.17, 15) is 4.79 Å². The largest absolute Gasteiger partial charge is 0.463 e. The summed E-state index contributed by atoms with van der Waals surface area (Å²) in [4.78, 5) is 20.8. The predicted molar refractivity (Wildman–Crippen MR) is 103 cm³/mol. The third-order valence-corrected chi connectivity index (χ3v) is 4.75. The lowest BCUT2D eigenvalue weighted by Crippen LogP contribution is -2.30. The zero-order valence-electron chi connectivity index (χ0n) is 15.7. The lowest BCUT2D eigenvalue weighted by atomic mass is 9.93. The van der Waals surface area contributed by atoms with Crippen LogP contribution < -0.4 is 5.32 Å². The molecule has 140 valence electrons. The van der Waals surface area contributed by atoms with Crippen molar-refractivity contribution in [3.8, 4) is 0 Å². The first-order valence-electron chi connectivity index (χ1n) is 9.30. The summed E-state index contributed by atoms with van der Waals surface area (Å²) in [5, 5.41) is 8.93. The van der Waals surface area contributed by atoms with Gasteiger partial charge in [0.05, 0.1) is 12.2 Å². The fraction of sp³-hybridized carbons (Fsp3) is 0.350. The molecule has 7 heteroatoms. The molecular weight excluding hydrogens is 342 g/mol. The standard InChI is InChI=1S/C20H23N5O2/c1-4-8-16-17(19(26)27-5-2)18(25-20(23-16)22-12(3)24-25)14-11-21-15-10-7-6-9-13(14)15/h6-7,9-11,18,21H,4-5,8H2,1-3H3,(H,22,23,24)/t18-/m1/s1. The van der Waals surface area contributed by atoms with E-state index in [0.29, 0.717) is 24.0 Å². The van der Waals surface area contributed by atoms with Crippen LogP contribution in [-0.2, 0) is 9.53 Å². The van der Waals surface area contributed by atoms with Crippen LogP contribution in [0.1, 0.15) is 44.1 Å². The lowest BCUT2D eigenvalue weighted by molar-refractivity contribution is -0.139. The van der Waals surface area contributed by atoms with Crippen LogP contribution in [0, 0.1) is 6.92 Å². The molecule has 1 aromatic carbocycles. The van der Waals surface area contributed by atoms with Crippen molar-refractivity contribution in [3.05, 3.63) is 53.1 Å². The van der Waals surface area contributed by atoms with Gasteiger partial charge in [-0.05, 0) is 26.3 Å². The third kappa shape index (κ3) is 2.89. The number of rotatable bonds is 5. The highest BCUT2D eigenvalue weighted by molar-refractivity contribution is 5.94. The average molecular weight is 365 g/mol. The molecule has 1 aliphatic heterocycles. The number of carbonyl (C=O) groups is 1. The molecule has 0 saturated carbocycles. The van der Waals surface area contributed by atoms with E-state index >= 15 is 0 Å². The molecule has 0 amide bonds. The van der Waals surface area contributed by atoms with Gasteiger partial charge in [0, 0.05) is 28.4 Å². The SMILES string of the molecule is CCCC1=C(C(=O)OCC)[C@@H](c2c[nH]c3ccccc23)n2nc(C)nc2N1. The number of aryl methyl sites for hydroxylation is 1. The van der Waals surface area contributed by atoms with Crippen LogP contribution in [0.3, 0.4) is 0 Å². The molecule has 1 atom stereocenters. The number of nitrogens with zero attached hydrogens (tertiary/aromatic N) is 3. The molecule has 0 radical (unpaired) electrons. The molecule has 0 spiro atoms. The number of anilines is 1. The van der Waals surface area contributed by atoms with E-state index in [4.69, 9.17) is 4.74 Å². The molecule has 27 heavy (non-hydrogen) atoms. The topological polar surface area (TPSA) is 84.8 Å². The summed E-state index contributed by atoms with van der Waals surface area (Å²) < 4.78 is 7.20. The normalized spacial score (nSPS) is 16.3. The van der Waals surface area contributed by atoms with E-state index < -0.39 is 0 Å². The average Bonchev–Trinajstić information content (AvgIpc) is 3.23. The van der Waals surface area contributed by atoms with Crippen molar-refractivity contribution < 1.29 is 9.53 Å². The molecule has 3 aromatic rings. The monoisotopic (exact) mass is 365 g/mol. The number of aromatic amines is 1. The van der Waals surface area contributed by atoms with Gasteiger partial charge in [0.25, 0.3) is 0 Å². The van der Waals surface area contributed by atoms with E-state index in [2.05, 4.69) is 33.4 Å². The van der Waals surface area contributed by atoms with Gasteiger partial charge >= 0.3 is 5.97 Å². The van der Waals surface area contributed by atoms with Gasteiger partial charge in [-0.2, -0.15) is 10.1 Å². The molecule has 4 rings (SSSR count). The molecule has 7 nitrogen and oxygen atoms in total. The zero-order valence-corrected chi connectivity index (χ0v) is 15.7. The quantitative estimate of drug-likeness (QED) is 0.674. The summed E-state index contributed by atoms with van der Waals surface area (Å²) in [6.45, 7) is 6.08. The van der Waals surface area contributed by atoms with Crippen molar-refractivity contribution in [3.63, 3.8) is 0 Å². The van der Waals surface area contributed by atoms with Crippen LogP contribution in [0.25, 0.3) is 10.9 Å². The van der Waals surface area contributed by atoms with E-state index in [-0.39, 0.29) is 12.0 Å². The minimum Gasteiger partial charge on any atom is -0.463 e. The first-order valence-corrected chi connectivity index (χ1v) is 9.30. The highest BCUT2D eigenvalue weighted by Crippen LogP contribution is 2.39. The van der Waals surface area contributed by atoms with Crippen LogP contribution in [0.4, 0.5) is 5.95 Å². The summed E-state index contributed by atoms with van der Waals surface area (Å²) in [6.07, 6.45) is 3.59. The van der Waals surface area contributed by atoms with Crippen LogP contribution in [0.5, 0.6) is 0 Å². The number of para-hydroxylation sites is 1. The van der Waals surface area contributed by atoms with Gasteiger partial charge in [0.1, 0.15) is 11.9 Å². The van der Waals surface area contributed by atoms with Crippen molar-refractivity contribution in [2.24, 2.45) is 0 Å². The molecular formula is C20H23N5O2. The Kier molecular flexibility index (Phi) is 4.43. The number of aromatic nitrogens is 4. The van der Waals surface area contributed by atoms with Crippen LogP contribution in [-0.4, -0.2) is 32.3 Å². The number of nitrogens with one attached hydrogen (secondary N) is 2. The summed E-state index contributed by atoms with van der Waals surface area (Å²) >= 11 is 0. The number of carbonyl (C=O) groups excluding carboxylic acids is 1. The second-order valence-corrected chi connectivity index (χ2v) is 6.61. The Morgan fingerprint density at radius 2 is 2.11 bits per heavy atom. The maximum atomic E-state index is 12.9. The highest BCUT2D eigenvalue weighted by Gasteiger charge is 2.36. The number of benzene rings is 1. The van der Waals surface area contributed by atoms with E-state index in [1.807, 2.05) is 38.2 Å². The summed E-state index contributed by atoms with van der Waals surface area (Å²) in [5.74, 6) is 0.991. The van der Waals surface area contributed by atoms with E-state index in [0.717, 1.165) is 35.0 Å². The Balaban J connectivity index is 1.96. The Morgan fingerprint density at radius 1 is 1.30 bits per heavy atom. The molecule has 2 aromatic heterocycles. The Bertz CT molecular complexity index is 1030. The number of ether oxygens (including phenoxy) is 1. The third-order valence-electron chi connectivity index (χ3n) is 4.75. The smallest absolute Gasteiger partial charge is 0.338 e. The minimum atomic E-state index is -0.390. The Morgan fingerprint density at radius 3 is 2.89 bits per heavy atom. The fourth-order valence-electron chi connectivity index (χ4n) is 3.68. The van der Waals surface area contributed by atoms with Gasteiger partial charge in [-0.3, -0.25) is 0 Å². The summed E-state index contributed by atoms with van der Waals surface area (Å²) in [6, 6.07) is 7.66. The summed E-state index contributed by atoms with van der Waals surface area (Å²) in [5.41, 5.74) is 3.45. The molecule has 0 aliphatic carbocycles. The van der Waals surface area contributed by atoms with Gasteiger partial charge in [0.2, 0.25) is 5.95 Å². The summed E-state index contributed by atoms with van der Waals surface area (Å²) in [7, 11) is 0. The van der Waals surface area contributed by atoms with Crippen molar-refractivity contribution in [2.75, 3.05) is 11.9 Å². The van der Waals surface area contributed by atoms with Crippen LogP contribution in [0.15, 0.2) is 41.7 Å². The molecule has 0 fully saturated rings. The Hall–Kier alpha value is -3.09. The first kappa shape index (κ1) is 17.3. The molecule has 2 N–H and O–H groups in total. The van der Waals surface area contributed by atoms with Crippen molar-refractivity contribution >= 4 is 22.8 Å². The number of H-pyrrole nitrogens is 1. The molecule has 3 heterocycles. The van der Waals surface area contributed by atoms with Gasteiger partial charge in [-0.25, -0.2) is 9.48 Å². The zero-order chi connectivity index (χ0) is 19.0. The maximum Gasteiger partial charge on any atom is 0.338 e. The molecule has 0 bridgehead atoms. The van der Waals surface area contributed by atoms with Crippen molar-refractivity contribution in [1.29, 1.82) is 0 Å². The highest BCUT2D eigenvalue weighted by atomic mass is 16.5. The lowest BCUT2D eigenvalue weighted by Gasteiger charge is -2.29. The fourth-order valence-corrected chi connectivity index (χ4v) is 3.68. The molecule has 0 unspecified atom stereocenters. The van der Waals surface area contributed by atoms with Crippen LogP contribution in [0.2, 0.25) is 0 Å². The first-order chi connectivity index (χ1) is 13.1. The van der Waals surface area contributed by atoms with Gasteiger partial charge in [-0.15, -0.1) is 0 Å². The number of fused-ring (bicyclic) bond motifs is 2. The van der Waals surface area contributed by atoms with Gasteiger partial charge in [-0.1, -0.05) is 31.5 Å². The second-order valence-electron chi connectivity index (χ2n) is 6.61. The van der Waals surface area contributed by atoms with Gasteiger partial charge in [0.15, 0.2) is 0 Å². The molecule has 0 saturated heterocycles. The number of hydrogen-bond donors (Lipinski definition) is 2. The van der Waals surface area contributed by atoms with Crippen molar-refractivity contribution in [1.82, 2.24) is 19.7 Å². The number of esters is 1. The molecule has 1 aliphatic rings. The van der Waals surface area contributed by atoms with E-state index in [1.54, 1.807) is 4.68 Å². The predicted octanol–water partition coefficient (Wildman–Crippen LogP) is 3.70. The van der Waals surface area contributed by atoms with Crippen molar-refractivity contribution in [2.45, 2.75) is 39.7 Å². The maximum absolute atomic E-state index is 12.9. The minimum absolute atomic E-state index is 0.317. The number of allylic oxidation sites excluding steroid dienone is 1. The van der Waals surface area contributed by atoms with E-state index in [1.165, 1.54) is 0 Å².